The summed E-state index contributed by atoms with van der Waals surface area (Å²) in [5.41, 5.74) is 1.02. The number of carboxylic acid groups (broad SMARTS) is 1. The predicted octanol–water partition coefficient (Wildman–Crippen LogP) is 2.65. The van der Waals surface area contributed by atoms with E-state index in [1.165, 1.54) is 12.8 Å². The topological polar surface area (TPSA) is 76.1 Å². The zero-order chi connectivity index (χ0) is 17.4. The number of rotatable bonds is 6. The third kappa shape index (κ3) is 3.57. The number of carboxylic acids is 1. The lowest BCUT2D eigenvalue weighted by atomic mass is 10.0. The molecule has 6 heteroatoms. The van der Waals surface area contributed by atoms with E-state index in [9.17, 15) is 14.7 Å². The highest BCUT2D eigenvalue weighted by Crippen LogP contribution is 2.36. The van der Waals surface area contributed by atoms with E-state index in [0.717, 1.165) is 23.6 Å². The van der Waals surface area contributed by atoms with Crippen LogP contribution >= 0.6 is 0 Å². The van der Waals surface area contributed by atoms with Crippen LogP contribution in [0.25, 0.3) is 0 Å². The van der Waals surface area contributed by atoms with Crippen molar-refractivity contribution in [1.82, 2.24) is 4.90 Å². The van der Waals surface area contributed by atoms with Gasteiger partial charge >= 0.3 is 5.97 Å². The van der Waals surface area contributed by atoms with Gasteiger partial charge in [-0.15, -0.1) is 0 Å². The van der Waals surface area contributed by atoms with Crippen molar-refractivity contribution in [1.29, 1.82) is 0 Å². The molecule has 2 fully saturated rings. The third-order valence-corrected chi connectivity index (χ3v) is 5.43. The quantitative estimate of drug-likeness (QED) is 0.858. The molecule has 0 saturated heterocycles. The maximum absolute atomic E-state index is 13.0. The largest absolute Gasteiger partial charge is 0.481 e. The second kappa shape index (κ2) is 6.58. The Bertz CT molecular complexity index is 684. The van der Waals surface area contributed by atoms with Crippen molar-refractivity contribution in [3.63, 3.8) is 0 Å². The summed E-state index contributed by atoms with van der Waals surface area (Å²) in [5.74, 6) is 0.853. The fourth-order valence-electron chi connectivity index (χ4n) is 3.79. The van der Waals surface area contributed by atoms with E-state index < -0.39 is 5.97 Å². The maximum Gasteiger partial charge on any atom is 0.306 e. The molecular formula is C19H23NO5. The van der Waals surface area contributed by atoms with Gasteiger partial charge in [0.25, 0.3) is 0 Å². The van der Waals surface area contributed by atoms with Gasteiger partial charge in [0.1, 0.15) is 0 Å². The number of amides is 1. The molecule has 2 atom stereocenters. The summed E-state index contributed by atoms with van der Waals surface area (Å²) in [6.45, 7) is 1.55. The van der Waals surface area contributed by atoms with Crippen molar-refractivity contribution >= 4 is 11.9 Å². The fourth-order valence-corrected chi connectivity index (χ4v) is 3.79. The summed E-state index contributed by atoms with van der Waals surface area (Å²) in [7, 11) is 0. The van der Waals surface area contributed by atoms with Crippen molar-refractivity contribution in [2.75, 3.05) is 13.3 Å². The molecule has 1 N–H and O–H groups in total. The van der Waals surface area contributed by atoms with Crippen molar-refractivity contribution in [3.8, 4) is 11.5 Å². The van der Waals surface area contributed by atoms with E-state index >= 15 is 0 Å². The van der Waals surface area contributed by atoms with E-state index in [1.807, 2.05) is 23.1 Å². The molecule has 1 aliphatic heterocycles. The summed E-state index contributed by atoms with van der Waals surface area (Å²) in [6, 6.07) is 5.78. The molecule has 0 aromatic heterocycles. The van der Waals surface area contributed by atoms with Crippen LogP contribution in [0.1, 0.15) is 37.7 Å². The summed E-state index contributed by atoms with van der Waals surface area (Å²) in [6.07, 6.45) is 4.10. The van der Waals surface area contributed by atoms with Crippen LogP contribution in [0.4, 0.5) is 0 Å². The number of benzene rings is 1. The number of aliphatic carboxylic acids is 1. The first-order chi connectivity index (χ1) is 12.1. The molecule has 2 saturated carbocycles. The zero-order valence-corrected chi connectivity index (χ0v) is 14.1. The van der Waals surface area contributed by atoms with E-state index in [1.54, 1.807) is 0 Å². The van der Waals surface area contributed by atoms with Crippen molar-refractivity contribution in [2.24, 2.45) is 17.8 Å². The molecule has 0 bridgehead atoms. The minimum atomic E-state index is -0.778. The first-order valence-electron chi connectivity index (χ1n) is 9.00. The Morgan fingerprint density at radius 1 is 1.08 bits per heavy atom. The Morgan fingerprint density at radius 2 is 1.84 bits per heavy atom. The SMILES string of the molecule is O=C(O)[C@@H]1CC[C@H](C(=O)N(Cc2ccc3c(c2)OCO3)CC2CC2)C1. The number of fused-ring (bicyclic) bond motifs is 1. The van der Waals surface area contributed by atoms with E-state index in [-0.39, 0.29) is 24.5 Å². The smallest absolute Gasteiger partial charge is 0.306 e. The summed E-state index contributed by atoms with van der Waals surface area (Å²) in [4.78, 5) is 26.1. The highest BCUT2D eigenvalue weighted by Gasteiger charge is 2.37. The van der Waals surface area contributed by atoms with E-state index in [2.05, 4.69) is 0 Å². The number of ether oxygens (including phenoxy) is 2. The highest BCUT2D eigenvalue weighted by molar-refractivity contribution is 5.81. The summed E-state index contributed by atoms with van der Waals surface area (Å²) >= 11 is 0. The van der Waals surface area contributed by atoms with Crippen LogP contribution in [0.2, 0.25) is 0 Å². The Morgan fingerprint density at radius 3 is 2.56 bits per heavy atom. The minimum absolute atomic E-state index is 0.105. The van der Waals surface area contributed by atoms with Gasteiger partial charge in [-0.1, -0.05) is 6.07 Å². The highest BCUT2D eigenvalue weighted by atomic mass is 16.7. The van der Waals surface area contributed by atoms with Gasteiger partial charge in [0.15, 0.2) is 11.5 Å². The van der Waals surface area contributed by atoms with Gasteiger partial charge in [0.2, 0.25) is 12.7 Å². The molecule has 0 radical (unpaired) electrons. The van der Waals surface area contributed by atoms with E-state index in [0.29, 0.717) is 31.7 Å². The summed E-state index contributed by atoms with van der Waals surface area (Å²) in [5, 5.41) is 9.18. The van der Waals surface area contributed by atoms with Gasteiger partial charge in [-0.05, 0) is 55.7 Å². The zero-order valence-electron chi connectivity index (χ0n) is 14.1. The third-order valence-electron chi connectivity index (χ3n) is 5.43. The Hall–Kier alpha value is -2.24. The normalized spacial score (nSPS) is 24.3. The average molecular weight is 345 g/mol. The Kier molecular flexibility index (Phi) is 4.27. The van der Waals surface area contributed by atoms with Gasteiger partial charge in [-0.25, -0.2) is 0 Å². The van der Waals surface area contributed by atoms with Gasteiger partial charge in [0, 0.05) is 19.0 Å². The lowest BCUT2D eigenvalue weighted by molar-refractivity contribution is -0.141. The van der Waals surface area contributed by atoms with Crippen LogP contribution in [0.3, 0.4) is 0 Å². The van der Waals surface area contributed by atoms with E-state index in [4.69, 9.17) is 9.47 Å². The molecule has 4 rings (SSSR count). The lowest BCUT2D eigenvalue weighted by Gasteiger charge is -2.26. The molecule has 2 aliphatic carbocycles. The molecule has 1 aromatic carbocycles. The van der Waals surface area contributed by atoms with Gasteiger partial charge < -0.3 is 19.5 Å². The standard InChI is InChI=1S/C19H23NO5/c21-18(14-4-5-15(8-14)19(22)23)20(9-12-1-2-12)10-13-3-6-16-17(7-13)25-11-24-16/h3,6-7,12,14-15H,1-2,4-5,8-11H2,(H,22,23)/t14-,15+/m0/s1. The molecule has 134 valence electrons. The number of carbonyl (C=O) groups excluding carboxylic acids is 1. The molecule has 1 heterocycles. The molecule has 0 unspecified atom stereocenters. The number of nitrogens with zero attached hydrogens (tertiary/aromatic N) is 1. The van der Waals surface area contributed by atoms with Crippen LogP contribution in [-0.4, -0.2) is 35.2 Å². The fraction of sp³-hybridized carbons (Fsp3) is 0.579. The Labute approximate surface area is 146 Å². The van der Waals surface area contributed by atoms with Crippen LogP contribution in [0.15, 0.2) is 18.2 Å². The number of hydrogen-bond donors (Lipinski definition) is 1. The number of carbonyl (C=O) groups is 2. The van der Waals surface area contributed by atoms with Crippen LogP contribution in [0.5, 0.6) is 11.5 Å². The number of hydrogen-bond acceptors (Lipinski definition) is 4. The molecule has 1 amide bonds. The average Bonchev–Trinajstić information content (AvgIpc) is 3.11. The minimum Gasteiger partial charge on any atom is -0.481 e. The first kappa shape index (κ1) is 16.2. The molecule has 1 aromatic rings. The molecule has 25 heavy (non-hydrogen) atoms. The lowest BCUT2D eigenvalue weighted by Crippen LogP contribution is -2.36. The molecule has 6 nitrogen and oxygen atoms in total. The van der Waals surface area contributed by atoms with Crippen molar-refractivity contribution < 1.29 is 24.2 Å². The van der Waals surface area contributed by atoms with Crippen molar-refractivity contribution in [3.05, 3.63) is 23.8 Å². The van der Waals surface area contributed by atoms with Crippen LogP contribution in [-0.2, 0) is 16.1 Å². The van der Waals surface area contributed by atoms with Gasteiger partial charge in [0.05, 0.1) is 5.92 Å². The molecule has 3 aliphatic rings. The van der Waals surface area contributed by atoms with Gasteiger partial charge in [-0.3, -0.25) is 9.59 Å². The molecular weight excluding hydrogens is 322 g/mol. The second-order valence-corrected chi connectivity index (χ2v) is 7.39. The summed E-state index contributed by atoms with van der Waals surface area (Å²) < 4.78 is 10.8. The Balaban J connectivity index is 1.46. The van der Waals surface area contributed by atoms with Crippen LogP contribution < -0.4 is 9.47 Å². The van der Waals surface area contributed by atoms with Crippen LogP contribution in [0, 0.1) is 17.8 Å². The predicted molar refractivity (Wildman–Crippen MR) is 89.2 cm³/mol. The first-order valence-corrected chi connectivity index (χ1v) is 9.00. The van der Waals surface area contributed by atoms with Crippen molar-refractivity contribution in [2.45, 2.75) is 38.6 Å². The van der Waals surface area contributed by atoms with Gasteiger partial charge in [-0.2, -0.15) is 0 Å². The maximum atomic E-state index is 13.0. The second-order valence-electron chi connectivity index (χ2n) is 7.39. The monoisotopic (exact) mass is 345 g/mol. The molecule has 0 spiro atoms.